The fraction of sp³-hybridized carbons (Fsp3) is 0.360. The summed E-state index contributed by atoms with van der Waals surface area (Å²) in [5, 5.41) is 10.4. The lowest BCUT2D eigenvalue weighted by molar-refractivity contribution is -0.127. The molecule has 0 atom stereocenters. The predicted octanol–water partition coefficient (Wildman–Crippen LogP) is 2.24. The summed E-state index contributed by atoms with van der Waals surface area (Å²) in [6.07, 6.45) is 3.81. The molecule has 1 aliphatic heterocycles. The largest absolute Gasteiger partial charge is 0.439 e. The van der Waals surface area contributed by atoms with Crippen molar-refractivity contribution in [3.05, 3.63) is 42.1 Å². The third-order valence-electron chi connectivity index (χ3n) is 6.23. The summed E-state index contributed by atoms with van der Waals surface area (Å²) in [6, 6.07) is 8.60. The van der Waals surface area contributed by atoms with Gasteiger partial charge in [-0.05, 0) is 41.4 Å². The molecule has 13 heteroatoms. The normalized spacial score (nSPS) is 13.4. The number of anilines is 1. The average molecular weight is 521 g/mol. The number of rotatable bonds is 11. The van der Waals surface area contributed by atoms with Crippen LogP contribution in [0.4, 0.5) is 5.82 Å². The van der Waals surface area contributed by atoms with E-state index in [1.807, 2.05) is 9.47 Å². The van der Waals surface area contributed by atoms with E-state index in [-0.39, 0.29) is 17.6 Å². The fourth-order valence-corrected chi connectivity index (χ4v) is 4.34. The van der Waals surface area contributed by atoms with Crippen LogP contribution in [0.2, 0.25) is 0 Å². The molecule has 38 heavy (non-hydrogen) atoms. The molecule has 2 amide bonds. The van der Waals surface area contributed by atoms with Crippen molar-refractivity contribution in [3.63, 3.8) is 0 Å². The van der Waals surface area contributed by atoms with Gasteiger partial charge >= 0.3 is 0 Å². The Bertz CT molecular complexity index is 1450. The number of fused-ring (bicyclic) bond motifs is 1. The Morgan fingerprint density at radius 1 is 1.24 bits per heavy atom. The summed E-state index contributed by atoms with van der Waals surface area (Å²) < 4.78 is 17.9. The van der Waals surface area contributed by atoms with Gasteiger partial charge in [0.15, 0.2) is 17.3 Å². The molecule has 5 rings (SSSR count). The molecule has 198 valence electrons. The van der Waals surface area contributed by atoms with Crippen LogP contribution in [-0.2, 0) is 16.1 Å². The molecule has 13 nitrogen and oxygen atoms in total. The smallest absolute Gasteiger partial charge is 0.251 e. The van der Waals surface area contributed by atoms with Crippen molar-refractivity contribution in [1.29, 1.82) is 0 Å². The first-order valence-electron chi connectivity index (χ1n) is 12.3. The molecule has 4 heterocycles. The van der Waals surface area contributed by atoms with Crippen LogP contribution in [0.15, 0.2) is 41.2 Å². The molecule has 0 bridgehead atoms. The quantitative estimate of drug-likeness (QED) is 0.280. The maximum atomic E-state index is 12.7. The van der Waals surface area contributed by atoms with Crippen LogP contribution in [0.25, 0.3) is 22.6 Å². The Morgan fingerprint density at radius 2 is 2.13 bits per heavy atom. The topological polar surface area (TPSA) is 164 Å². The highest BCUT2D eigenvalue weighted by Crippen LogP contribution is 2.29. The molecule has 3 aromatic heterocycles. The van der Waals surface area contributed by atoms with Crippen molar-refractivity contribution in [2.45, 2.75) is 25.8 Å². The second-order valence-electron chi connectivity index (χ2n) is 8.81. The van der Waals surface area contributed by atoms with Crippen molar-refractivity contribution in [2.24, 2.45) is 0 Å². The number of pyridine rings is 1. The fourth-order valence-electron chi connectivity index (χ4n) is 4.34. The number of nitrogen functional groups attached to an aromatic ring is 1. The number of hydrogen-bond acceptors (Lipinski definition) is 10. The molecule has 0 radical (unpaired) electrons. The van der Waals surface area contributed by atoms with Gasteiger partial charge in [0.2, 0.25) is 11.8 Å². The maximum absolute atomic E-state index is 12.7. The Balaban J connectivity index is 1.28. The van der Waals surface area contributed by atoms with Gasteiger partial charge in [-0.1, -0.05) is 6.07 Å². The number of nitrogens with two attached hydrogens (primary N) is 1. The minimum absolute atomic E-state index is 0.128. The molecule has 0 spiro atoms. The lowest BCUT2D eigenvalue weighted by Crippen LogP contribution is -2.30. The first-order valence-corrected chi connectivity index (χ1v) is 12.3. The van der Waals surface area contributed by atoms with E-state index in [0.29, 0.717) is 73.3 Å². The summed E-state index contributed by atoms with van der Waals surface area (Å²) in [5.74, 6) is 1.35. The van der Waals surface area contributed by atoms with Gasteiger partial charge < -0.3 is 30.0 Å². The van der Waals surface area contributed by atoms with Crippen LogP contribution in [0.1, 0.15) is 29.6 Å². The van der Waals surface area contributed by atoms with Crippen molar-refractivity contribution in [2.75, 3.05) is 39.1 Å². The average Bonchev–Trinajstić information content (AvgIpc) is 3.63. The zero-order valence-electron chi connectivity index (χ0n) is 20.9. The highest BCUT2D eigenvalue weighted by Gasteiger charge is 2.21. The Hall–Kier alpha value is -4.52. The summed E-state index contributed by atoms with van der Waals surface area (Å²) in [7, 11) is 1.61. The number of benzene rings is 1. The Kier molecular flexibility index (Phi) is 7.45. The SMILES string of the molecule is COCCn1c(-c2nonc2N)nc2cnc(Oc3cccc(C(=O)NCCCN4CCCC4=O)c3)cc21. The minimum Gasteiger partial charge on any atom is -0.439 e. The highest BCUT2D eigenvalue weighted by molar-refractivity contribution is 5.94. The molecule has 0 aliphatic carbocycles. The van der Waals surface area contributed by atoms with Crippen LogP contribution in [-0.4, -0.2) is 74.9 Å². The summed E-state index contributed by atoms with van der Waals surface area (Å²) in [5.41, 5.74) is 8.02. The van der Waals surface area contributed by atoms with Crippen LogP contribution >= 0.6 is 0 Å². The lowest BCUT2D eigenvalue weighted by atomic mass is 10.2. The number of imidazole rings is 1. The van der Waals surface area contributed by atoms with Crippen LogP contribution in [0, 0.1) is 0 Å². The van der Waals surface area contributed by atoms with E-state index in [1.54, 1.807) is 43.6 Å². The highest BCUT2D eigenvalue weighted by atomic mass is 16.6. The van der Waals surface area contributed by atoms with E-state index in [0.717, 1.165) is 18.5 Å². The third-order valence-corrected chi connectivity index (χ3v) is 6.23. The van der Waals surface area contributed by atoms with Crippen LogP contribution in [0.3, 0.4) is 0 Å². The van der Waals surface area contributed by atoms with Crippen molar-refractivity contribution >= 4 is 28.7 Å². The number of aromatic nitrogens is 5. The van der Waals surface area contributed by atoms with Gasteiger partial charge in [0.25, 0.3) is 5.91 Å². The number of carbonyl (C=O) groups is 2. The molecule has 1 aliphatic rings. The van der Waals surface area contributed by atoms with E-state index in [1.165, 1.54) is 0 Å². The summed E-state index contributed by atoms with van der Waals surface area (Å²) >= 11 is 0. The number of ether oxygens (including phenoxy) is 2. The number of carbonyl (C=O) groups excluding carboxylic acids is 2. The third kappa shape index (κ3) is 5.42. The van der Waals surface area contributed by atoms with Gasteiger partial charge in [-0.3, -0.25) is 9.59 Å². The monoisotopic (exact) mass is 520 g/mol. The van der Waals surface area contributed by atoms with Gasteiger partial charge in [0, 0.05) is 51.3 Å². The van der Waals surface area contributed by atoms with E-state index < -0.39 is 0 Å². The molecule has 1 aromatic carbocycles. The van der Waals surface area contributed by atoms with Crippen LogP contribution < -0.4 is 15.8 Å². The van der Waals surface area contributed by atoms with Gasteiger partial charge in [0.1, 0.15) is 11.3 Å². The molecule has 1 fully saturated rings. The zero-order chi connectivity index (χ0) is 26.5. The number of nitrogens with zero attached hydrogens (tertiary/aromatic N) is 6. The van der Waals surface area contributed by atoms with Crippen molar-refractivity contribution in [3.8, 4) is 23.1 Å². The van der Waals surface area contributed by atoms with E-state index in [4.69, 9.17) is 19.8 Å². The van der Waals surface area contributed by atoms with Crippen LogP contribution in [0.5, 0.6) is 11.6 Å². The molecule has 0 unspecified atom stereocenters. The van der Waals surface area contributed by atoms with Gasteiger partial charge in [-0.25, -0.2) is 14.6 Å². The standard InChI is InChI=1S/C25H28N8O5/c1-36-12-11-33-19-14-20(28-15-18(19)29-24(33)22-23(26)31-38-30-22)37-17-6-2-5-16(13-17)25(35)27-8-4-10-32-9-3-7-21(32)34/h2,5-6,13-15H,3-4,7-12H2,1H3,(H2,26,31)(H,27,35). The second-order valence-corrected chi connectivity index (χ2v) is 8.81. The number of nitrogens with one attached hydrogen (secondary N) is 1. The maximum Gasteiger partial charge on any atom is 0.251 e. The predicted molar refractivity (Wildman–Crippen MR) is 136 cm³/mol. The number of methoxy groups -OCH3 is 1. The molecular formula is C25H28N8O5. The molecule has 4 aromatic rings. The van der Waals surface area contributed by atoms with E-state index in [2.05, 4.69) is 25.6 Å². The summed E-state index contributed by atoms with van der Waals surface area (Å²) in [6.45, 7) is 2.82. The molecule has 0 saturated carbocycles. The van der Waals surface area contributed by atoms with Gasteiger partial charge in [-0.2, -0.15) is 0 Å². The Morgan fingerprint density at radius 3 is 2.89 bits per heavy atom. The first kappa shape index (κ1) is 25.1. The minimum atomic E-state index is -0.215. The number of amides is 2. The Labute approximate surface area is 217 Å². The lowest BCUT2D eigenvalue weighted by Gasteiger charge is -2.15. The molecule has 3 N–H and O–H groups in total. The summed E-state index contributed by atoms with van der Waals surface area (Å²) in [4.78, 5) is 35.2. The van der Waals surface area contributed by atoms with E-state index in [9.17, 15) is 9.59 Å². The van der Waals surface area contributed by atoms with Gasteiger partial charge in [-0.15, -0.1) is 0 Å². The molecular weight excluding hydrogens is 492 g/mol. The second kappa shape index (κ2) is 11.3. The number of likely N-dealkylation sites (tertiary alicyclic amines) is 1. The van der Waals surface area contributed by atoms with Crippen molar-refractivity contribution < 1.29 is 23.7 Å². The first-order chi connectivity index (χ1) is 18.5. The number of hydrogen-bond donors (Lipinski definition) is 2. The van der Waals surface area contributed by atoms with Gasteiger partial charge in [0.05, 0.1) is 18.3 Å². The zero-order valence-corrected chi connectivity index (χ0v) is 20.9. The molecule has 1 saturated heterocycles. The van der Waals surface area contributed by atoms with Crippen molar-refractivity contribution in [1.82, 2.24) is 35.1 Å². The van der Waals surface area contributed by atoms with E-state index >= 15 is 0 Å².